The number of carbonyl (C=O) groups excluding carboxylic acids is 4. The van der Waals surface area contributed by atoms with Gasteiger partial charge in [-0.2, -0.15) is 8.42 Å². The molecule has 0 spiro atoms. The van der Waals surface area contributed by atoms with E-state index >= 15 is 0 Å². The standard InChI is InChI=1S/C43H69Cl2N3O16S/c44-33-29-34(45)42(36(30-33)65(57,58)59)64-41(54)32-63-28-26-61-24-22-47-39(51)31-62-27-25-60-23-21-46-37(49)20-19-35(43(55)56)48-38(50)17-15-13-11-9-7-5-3-1-2-4-6-8-10-12-14-16-18-40(52)53/h29-30,35H,1-28,31-32H2,(H,46,49)(H,47,51)(H,48,50)(H,52,53)(H,55,56)(H,57,58,59)/t35-/m0/s1. The van der Waals surface area contributed by atoms with Crippen LogP contribution in [-0.4, -0.2) is 131 Å². The molecule has 6 N–H and O–H groups in total. The van der Waals surface area contributed by atoms with Crippen LogP contribution >= 0.6 is 23.2 Å². The SMILES string of the molecule is O=C(O)CCCCCCCCCCCCCCCCCCC(=O)N[C@@H](CCC(=O)NCCOCCOCC(=O)NCCOCCOCC(=O)Oc1c(Cl)cc(Cl)cc1S(=O)(=O)O)C(=O)O. The van der Waals surface area contributed by atoms with E-state index in [1.54, 1.807) is 0 Å². The fraction of sp³-hybridized carbons (Fsp3) is 0.721. The van der Waals surface area contributed by atoms with Crippen LogP contribution in [0.15, 0.2) is 17.0 Å². The zero-order chi connectivity index (χ0) is 48.1. The molecule has 1 aromatic carbocycles. The van der Waals surface area contributed by atoms with Gasteiger partial charge in [-0.1, -0.05) is 113 Å². The molecule has 0 heterocycles. The third-order valence-corrected chi connectivity index (χ3v) is 11.0. The van der Waals surface area contributed by atoms with Gasteiger partial charge in [0, 0.05) is 37.4 Å². The summed E-state index contributed by atoms with van der Waals surface area (Å²) >= 11 is 11.6. The van der Waals surface area contributed by atoms with E-state index in [1.165, 1.54) is 57.8 Å². The molecular weight excluding hydrogens is 917 g/mol. The molecule has 372 valence electrons. The number of hydrogen-bond donors (Lipinski definition) is 6. The van der Waals surface area contributed by atoms with Gasteiger partial charge in [0.25, 0.3) is 10.1 Å². The van der Waals surface area contributed by atoms with Gasteiger partial charge in [-0.3, -0.25) is 23.7 Å². The van der Waals surface area contributed by atoms with Crippen LogP contribution in [-0.2, 0) is 57.8 Å². The second kappa shape index (κ2) is 37.5. The zero-order valence-electron chi connectivity index (χ0n) is 37.3. The lowest BCUT2D eigenvalue weighted by Gasteiger charge is -2.14. The Balaban J connectivity index is 1.96. The van der Waals surface area contributed by atoms with Crippen LogP contribution in [0, 0.1) is 0 Å². The van der Waals surface area contributed by atoms with Crippen LogP contribution < -0.4 is 20.7 Å². The Kier molecular flexibility index (Phi) is 34.2. The van der Waals surface area contributed by atoms with Crippen molar-refractivity contribution in [2.45, 2.75) is 139 Å². The number of nitrogens with one attached hydrogen (secondary N) is 3. The fourth-order valence-corrected chi connectivity index (χ4v) is 7.55. The Morgan fingerprint density at radius 2 is 1.03 bits per heavy atom. The topological polar surface area (TPSA) is 279 Å². The molecule has 3 amide bonds. The minimum absolute atomic E-state index is 0.0337. The van der Waals surface area contributed by atoms with E-state index in [-0.39, 0.29) is 107 Å². The molecule has 0 aliphatic heterocycles. The second-order valence-corrected chi connectivity index (χ2v) is 17.5. The van der Waals surface area contributed by atoms with E-state index in [4.69, 9.17) is 52.0 Å². The van der Waals surface area contributed by atoms with Gasteiger partial charge < -0.3 is 49.8 Å². The van der Waals surface area contributed by atoms with Gasteiger partial charge in [-0.05, 0) is 31.4 Å². The molecule has 0 unspecified atom stereocenters. The predicted octanol–water partition coefficient (Wildman–Crippen LogP) is 5.90. The number of aliphatic carboxylic acids is 2. The van der Waals surface area contributed by atoms with Gasteiger partial charge in [0.15, 0.2) is 5.75 Å². The van der Waals surface area contributed by atoms with Crippen molar-refractivity contribution >= 4 is 68.9 Å². The van der Waals surface area contributed by atoms with Crippen molar-refractivity contribution in [3.63, 3.8) is 0 Å². The summed E-state index contributed by atoms with van der Waals surface area (Å²) in [6.07, 6.45) is 18.0. The molecule has 0 aliphatic carbocycles. The summed E-state index contributed by atoms with van der Waals surface area (Å²) in [6.45, 7) is 0.127. The van der Waals surface area contributed by atoms with Gasteiger partial charge in [0.05, 0.1) is 44.7 Å². The van der Waals surface area contributed by atoms with Gasteiger partial charge in [-0.25, -0.2) is 9.59 Å². The Labute approximate surface area is 392 Å². The number of ether oxygens (including phenoxy) is 5. The molecule has 0 saturated heterocycles. The highest BCUT2D eigenvalue weighted by molar-refractivity contribution is 7.86. The van der Waals surface area contributed by atoms with Gasteiger partial charge >= 0.3 is 17.9 Å². The number of halogens is 2. The van der Waals surface area contributed by atoms with Crippen molar-refractivity contribution in [2.24, 2.45) is 0 Å². The van der Waals surface area contributed by atoms with Crippen molar-refractivity contribution < 1.29 is 75.6 Å². The highest BCUT2D eigenvalue weighted by Gasteiger charge is 2.24. The first kappa shape index (κ1) is 59.4. The first-order chi connectivity index (χ1) is 31.1. The number of benzene rings is 1. The normalized spacial score (nSPS) is 11.8. The number of esters is 1. The third kappa shape index (κ3) is 33.5. The zero-order valence-corrected chi connectivity index (χ0v) is 39.6. The van der Waals surface area contributed by atoms with Crippen LogP contribution in [0.4, 0.5) is 0 Å². The maximum Gasteiger partial charge on any atom is 0.337 e. The van der Waals surface area contributed by atoms with E-state index in [0.717, 1.165) is 50.7 Å². The fourth-order valence-electron chi connectivity index (χ4n) is 6.23. The van der Waals surface area contributed by atoms with E-state index in [2.05, 4.69) is 16.0 Å². The lowest BCUT2D eigenvalue weighted by molar-refractivity contribution is -0.142. The molecule has 0 radical (unpaired) electrons. The summed E-state index contributed by atoms with van der Waals surface area (Å²) in [5.74, 6) is -4.61. The third-order valence-electron chi connectivity index (χ3n) is 9.64. The lowest BCUT2D eigenvalue weighted by atomic mass is 10.0. The van der Waals surface area contributed by atoms with E-state index < -0.39 is 57.2 Å². The lowest BCUT2D eigenvalue weighted by Crippen LogP contribution is -2.41. The van der Waals surface area contributed by atoms with Crippen molar-refractivity contribution in [2.75, 3.05) is 65.9 Å². The molecule has 0 saturated carbocycles. The summed E-state index contributed by atoms with van der Waals surface area (Å²) in [4.78, 5) is 69.9. The Bertz CT molecular complexity index is 1670. The predicted molar refractivity (Wildman–Crippen MR) is 241 cm³/mol. The Hall–Kier alpha value is -3.63. The molecule has 22 heteroatoms. The monoisotopic (exact) mass is 985 g/mol. The number of amides is 3. The summed E-state index contributed by atoms with van der Waals surface area (Å²) in [7, 11) is -4.78. The van der Waals surface area contributed by atoms with Gasteiger partial charge in [-0.15, -0.1) is 0 Å². The molecular formula is C43H69Cl2N3O16S. The summed E-state index contributed by atoms with van der Waals surface area (Å²) < 4.78 is 58.4. The summed E-state index contributed by atoms with van der Waals surface area (Å²) in [6, 6.07) is 0.849. The molecule has 0 aromatic heterocycles. The number of rotatable bonds is 42. The van der Waals surface area contributed by atoms with Gasteiger partial charge in [0.2, 0.25) is 17.7 Å². The highest BCUT2D eigenvalue weighted by Crippen LogP contribution is 2.35. The van der Waals surface area contributed by atoms with Crippen LogP contribution in [0.1, 0.15) is 128 Å². The minimum atomic E-state index is -4.78. The maximum absolute atomic E-state index is 12.3. The van der Waals surface area contributed by atoms with E-state index in [9.17, 15) is 46.8 Å². The number of carboxylic acid groups (broad SMARTS) is 2. The van der Waals surface area contributed by atoms with Gasteiger partial charge in [0.1, 0.15) is 24.2 Å². The molecule has 0 aliphatic rings. The maximum atomic E-state index is 12.3. The first-order valence-corrected chi connectivity index (χ1v) is 24.5. The molecule has 1 rings (SSSR count). The number of carbonyl (C=O) groups is 6. The van der Waals surface area contributed by atoms with Crippen LogP contribution in [0.25, 0.3) is 0 Å². The number of unbranched alkanes of at least 4 members (excludes halogenated alkanes) is 15. The number of hydrogen-bond acceptors (Lipinski definition) is 13. The van der Waals surface area contributed by atoms with Crippen LogP contribution in [0.3, 0.4) is 0 Å². The molecule has 0 bridgehead atoms. The van der Waals surface area contributed by atoms with Crippen molar-refractivity contribution in [1.29, 1.82) is 0 Å². The van der Waals surface area contributed by atoms with Crippen molar-refractivity contribution in [3.05, 3.63) is 22.2 Å². The Morgan fingerprint density at radius 3 is 1.52 bits per heavy atom. The molecule has 1 atom stereocenters. The quantitative estimate of drug-likeness (QED) is 0.0192. The van der Waals surface area contributed by atoms with E-state index in [1.807, 2.05) is 0 Å². The molecule has 19 nitrogen and oxygen atoms in total. The smallest absolute Gasteiger partial charge is 0.337 e. The summed E-state index contributed by atoms with van der Waals surface area (Å²) in [5, 5.41) is 25.5. The minimum Gasteiger partial charge on any atom is -0.481 e. The highest BCUT2D eigenvalue weighted by atomic mass is 35.5. The molecule has 65 heavy (non-hydrogen) atoms. The molecule has 1 aromatic rings. The first-order valence-electron chi connectivity index (χ1n) is 22.4. The van der Waals surface area contributed by atoms with Crippen LogP contribution in [0.5, 0.6) is 5.75 Å². The summed E-state index contributed by atoms with van der Waals surface area (Å²) in [5.41, 5.74) is 0. The number of carboxylic acids is 2. The Morgan fingerprint density at radius 1 is 0.569 bits per heavy atom. The van der Waals surface area contributed by atoms with Crippen molar-refractivity contribution in [1.82, 2.24) is 16.0 Å². The average molecular weight is 987 g/mol. The van der Waals surface area contributed by atoms with Crippen LogP contribution in [0.2, 0.25) is 10.0 Å². The second-order valence-electron chi connectivity index (χ2n) is 15.2. The van der Waals surface area contributed by atoms with Crippen molar-refractivity contribution in [3.8, 4) is 5.75 Å². The van der Waals surface area contributed by atoms with E-state index in [0.29, 0.717) is 6.42 Å². The average Bonchev–Trinajstić information content (AvgIpc) is 3.23. The molecule has 0 fully saturated rings. The largest absolute Gasteiger partial charge is 0.481 e.